The van der Waals surface area contributed by atoms with Crippen molar-refractivity contribution >= 4 is 11.6 Å². The van der Waals surface area contributed by atoms with Crippen molar-refractivity contribution in [3.63, 3.8) is 0 Å². The monoisotopic (exact) mass is 322 g/mol. The number of halogens is 2. The molecule has 1 N–H and O–H groups in total. The number of rotatable bonds is 0. The molecule has 0 aliphatic heterocycles. The van der Waals surface area contributed by atoms with E-state index < -0.39 is 0 Å². The van der Waals surface area contributed by atoms with Crippen molar-refractivity contribution in [3.05, 3.63) is 54.1 Å². The zero-order chi connectivity index (χ0) is 9.52. The lowest BCUT2D eigenvalue weighted by Gasteiger charge is -1.84. The Balaban J connectivity index is 0.000000246. The van der Waals surface area contributed by atoms with E-state index in [0.717, 1.165) is 5.15 Å². The smallest absolute Gasteiger partial charge is 0.274 e. The summed E-state index contributed by atoms with van der Waals surface area (Å²) >= 11 is 5.67. The molecule has 0 aliphatic rings. The second-order valence-electron chi connectivity index (χ2n) is 2.52. The molecule has 2 nitrogen and oxygen atoms in total. The van der Waals surface area contributed by atoms with Crippen LogP contribution in [0.25, 0.3) is 0 Å². The number of nitrogens with one attached hydrogen (secondary N) is 1. The Kier molecular flexibility index (Phi) is 7.51. The SMILES string of the molecule is C[n+]1ccccc1Cl.[I-].c1cc[nH]c1. The van der Waals surface area contributed by atoms with Crippen LogP contribution in [0.15, 0.2) is 48.9 Å². The minimum Gasteiger partial charge on any atom is -1.00 e. The van der Waals surface area contributed by atoms with Crippen molar-refractivity contribution in [1.29, 1.82) is 0 Å². The van der Waals surface area contributed by atoms with Crippen LogP contribution in [0.1, 0.15) is 0 Å². The quantitative estimate of drug-likeness (QED) is 0.372. The number of nitrogens with zero attached hydrogens (tertiary/aromatic N) is 1. The molecule has 4 heteroatoms. The predicted octanol–water partition coefficient (Wildman–Crippen LogP) is -0.817. The minimum absolute atomic E-state index is 0. The lowest BCUT2D eigenvalue weighted by Crippen LogP contribution is -3.00. The van der Waals surface area contributed by atoms with Gasteiger partial charge in [0.05, 0.1) is 0 Å². The van der Waals surface area contributed by atoms with Crippen molar-refractivity contribution in [2.24, 2.45) is 7.05 Å². The van der Waals surface area contributed by atoms with Gasteiger partial charge in [-0.05, 0) is 29.8 Å². The van der Waals surface area contributed by atoms with Crippen LogP contribution in [0.2, 0.25) is 5.15 Å². The average Bonchev–Trinajstić information content (AvgIpc) is 2.68. The third-order valence-electron chi connectivity index (χ3n) is 1.49. The van der Waals surface area contributed by atoms with Gasteiger partial charge in [0.15, 0.2) is 6.20 Å². The molecule has 0 atom stereocenters. The molecule has 0 aliphatic carbocycles. The van der Waals surface area contributed by atoms with Crippen LogP contribution < -0.4 is 28.5 Å². The Morgan fingerprint density at radius 1 is 1.14 bits per heavy atom. The number of H-pyrrole nitrogens is 1. The van der Waals surface area contributed by atoms with Crippen LogP contribution in [0.4, 0.5) is 0 Å². The summed E-state index contributed by atoms with van der Waals surface area (Å²) in [5.74, 6) is 0. The normalized spacial score (nSPS) is 8.14. The second-order valence-corrected chi connectivity index (χ2v) is 2.91. The summed E-state index contributed by atoms with van der Waals surface area (Å²) in [5, 5.41) is 0.757. The molecular formula is C10H12ClIN2. The number of aromatic amines is 1. The lowest BCUT2D eigenvalue weighted by atomic mass is 10.5. The molecule has 2 heterocycles. The molecular weight excluding hydrogens is 310 g/mol. The molecule has 76 valence electrons. The summed E-state index contributed by atoms with van der Waals surface area (Å²) in [4.78, 5) is 2.86. The molecule has 0 saturated heterocycles. The summed E-state index contributed by atoms with van der Waals surface area (Å²) in [6.45, 7) is 0. The Bertz CT molecular complexity index is 297. The van der Waals surface area contributed by atoms with Crippen molar-refractivity contribution in [2.75, 3.05) is 0 Å². The van der Waals surface area contributed by atoms with E-state index in [-0.39, 0.29) is 24.0 Å². The summed E-state index contributed by atoms with van der Waals surface area (Å²) in [5.41, 5.74) is 0. The van der Waals surface area contributed by atoms with Gasteiger partial charge in [-0.15, -0.1) is 0 Å². The van der Waals surface area contributed by atoms with Crippen LogP contribution in [0, 0.1) is 0 Å². The van der Waals surface area contributed by atoms with Gasteiger partial charge in [0, 0.05) is 24.5 Å². The van der Waals surface area contributed by atoms with Gasteiger partial charge < -0.3 is 29.0 Å². The molecule has 2 aromatic rings. The van der Waals surface area contributed by atoms with Crippen LogP contribution in [0.3, 0.4) is 0 Å². The fourth-order valence-electron chi connectivity index (χ4n) is 0.780. The zero-order valence-electron chi connectivity index (χ0n) is 7.82. The molecule has 0 spiro atoms. The van der Waals surface area contributed by atoms with Gasteiger partial charge in [0.2, 0.25) is 0 Å². The number of aryl methyl sites for hydroxylation is 1. The molecule has 14 heavy (non-hydrogen) atoms. The van der Waals surface area contributed by atoms with Gasteiger partial charge in [-0.3, -0.25) is 0 Å². The largest absolute Gasteiger partial charge is 1.00 e. The topological polar surface area (TPSA) is 19.7 Å². The van der Waals surface area contributed by atoms with Gasteiger partial charge >= 0.3 is 0 Å². The summed E-state index contributed by atoms with van der Waals surface area (Å²) in [7, 11) is 1.91. The zero-order valence-corrected chi connectivity index (χ0v) is 10.7. The highest BCUT2D eigenvalue weighted by atomic mass is 127. The van der Waals surface area contributed by atoms with Crippen LogP contribution in [-0.4, -0.2) is 4.98 Å². The Labute approximate surface area is 106 Å². The standard InChI is InChI=1S/C6H7ClN.C4H5N.HI/c1-8-5-3-2-4-6(8)7;1-2-4-5-3-1;/h2-5H,1H3;1-5H;1H/q+1;;/p-1. The summed E-state index contributed by atoms with van der Waals surface area (Å²) in [6.07, 6.45) is 5.66. The van der Waals surface area contributed by atoms with Crippen molar-refractivity contribution in [1.82, 2.24) is 4.98 Å². The number of hydrogen-bond acceptors (Lipinski definition) is 0. The molecule has 0 bridgehead atoms. The van der Waals surface area contributed by atoms with E-state index in [0.29, 0.717) is 0 Å². The van der Waals surface area contributed by atoms with Crippen LogP contribution >= 0.6 is 11.6 Å². The first-order valence-electron chi connectivity index (χ1n) is 3.98. The second kappa shape index (κ2) is 7.82. The highest BCUT2D eigenvalue weighted by Gasteiger charge is 1.94. The lowest BCUT2D eigenvalue weighted by molar-refractivity contribution is -0.669. The predicted molar refractivity (Wildman–Crippen MR) is 53.4 cm³/mol. The van der Waals surface area contributed by atoms with Gasteiger partial charge in [-0.1, -0.05) is 0 Å². The maximum atomic E-state index is 5.67. The van der Waals surface area contributed by atoms with E-state index in [9.17, 15) is 0 Å². The number of hydrogen-bond donors (Lipinski definition) is 1. The Hall–Kier alpha value is -0.550. The summed E-state index contributed by atoms with van der Waals surface area (Å²) in [6, 6.07) is 9.58. The maximum absolute atomic E-state index is 5.67. The third-order valence-corrected chi connectivity index (χ3v) is 1.88. The molecule has 0 fully saturated rings. The molecule has 0 radical (unpaired) electrons. The van der Waals surface area contributed by atoms with Crippen molar-refractivity contribution in [3.8, 4) is 0 Å². The Morgan fingerprint density at radius 3 is 2.07 bits per heavy atom. The van der Waals surface area contributed by atoms with E-state index >= 15 is 0 Å². The number of pyridine rings is 1. The molecule has 0 aromatic carbocycles. The molecule has 2 aromatic heterocycles. The molecule has 0 unspecified atom stereocenters. The van der Waals surface area contributed by atoms with Crippen molar-refractivity contribution in [2.45, 2.75) is 0 Å². The minimum atomic E-state index is 0. The molecule has 0 saturated carbocycles. The first kappa shape index (κ1) is 13.4. The van der Waals surface area contributed by atoms with Gasteiger partial charge in [-0.25, -0.2) is 0 Å². The first-order valence-corrected chi connectivity index (χ1v) is 4.36. The van der Waals surface area contributed by atoms with E-state index in [2.05, 4.69) is 4.98 Å². The van der Waals surface area contributed by atoms with Crippen LogP contribution in [0.5, 0.6) is 0 Å². The van der Waals surface area contributed by atoms with E-state index in [4.69, 9.17) is 11.6 Å². The van der Waals surface area contributed by atoms with Crippen LogP contribution in [-0.2, 0) is 7.05 Å². The third kappa shape index (κ3) is 5.24. The molecule has 2 rings (SSSR count). The van der Waals surface area contributed by atoms with Crippen molar-refractivity contribution < 1.29 is 28.5 Å². The summed E-state index contributed by atoms with van der Waals surface area (Å²) < 4.78 is 1.85. The molecule has 0 amide bonds. The fourth-order valence-corrected chi connectivity index (χ4v) is 0.909. The maximum Gasteiger partial charge on any atom is 0.274 e. The highest BCUT2D eigenvalue weighted by molar-refractivity contribution is 6.28. The van der Waals surface area contributed by atoms with Gasteiger partial charge in [0.25, 0.3) is 5.15 Å². The Morgan fingerprint density at radius 2 is 1.79 bits per heavy atom. The van der Waals surface area contributed by atoms with Gasteiger partial charge in [0.1, 0.15) is 7.05 Å². The van der Waals surface area contributed by atoms with E-state index in [1.807, 2.05) is 60.5 Å². The van der Waals surface area contributed by atoms with E-state index in [1.165, 1.54) is 0 Å². The first-order chi connectivity index (χ1) is 6.30. The average molecular weight is 323 g/mol. The fraction of sp³-hybridized carbons (Fsp3) is 0.100. The van der Waals surface area contributed by atoms with Gasteiger partial charge in [-0.2, -0.15) is 4.57 Å². The van der Waals surface area contributed by atoms with E-state index in [1.54, 1.807) is 0 Å². The number of aromatic nitrogens is 2. The highest BCUT2D eigenvalue weighted by Crippen LogP contribution is 1.95.